The Morgan fingerprint density at radius 3 is 2.64 bits per heavy atom. The predicted octanol–water partition coefficient (Wildman–Crippen LogP) is 2.36. The average Bonchev–Trinajstić information content (AvgIpc) is 2.19. The van der Waals surface area contributed by atoms with Crippen LogP contribution in [0.5, 0.6) is 11.5 Å². The van der Waals surface area contributed by atoms with Gasteiger partial charge in [-0.2, -0.15) is 0 Å². The molecule has 0 spiro atoms. The third kappa shape index (κ3) is 1.98. The van der Waals surface area contributed by atoms with Crippen LogP contribution >= 0.6 is 15.9 Å². The molecule has 0 unspecified atom stereocenters. The van der Waals surface area contributed by atoms with Crippen LogP contribution in [0, 0.1) is 0 Å². The van der Waals surface area contributed by atoms with E-state index in [2.05, 4.69) is 21.1 Å². The smallest absolute Gasteiger partial charge is 0.167 e. The Morgan fingerprint density at radius 2 is 2.14 bits per heavy atom. The monoisotopic (exact) mass is 259 g/mol. The van der Waals surface area contributed by atoms with E-state index in [-0.39, 0.29) is 5.75 Å². The number of oxime groups is 1. The summed E-state index contributed by atoms with van der Waals surface area (Å²) in [7, 11) is 1.46. The third-order valence-corrected chi connectivity index (χ3v) is 2.26. The maximum atomic E-state index is 9.68. The second-order valence-corrected chi connectivity index (χ2v) is 3.61. The number of hydrogen-bond donors (Lipinski definition) is 2. The Hall–Kier alpha value is -1.23. The zero-order valence-electron chi connectivity index (χ0n) is 7.78. The van der Waals surface area contributed by atoms with Gasteiger partial charge in [-0.1, -0.05) is 21.1 Å². The van der Waals surface area contributed by atoms with Crippen LogP contribution in [0.4, 0.5) is 0 Å². The molecule has 0 saturated carbocycles. The number of methoxy groups -OCH3 is 1. The summed E-state index contributed by atoms with van der Waals surface area (Å²) in [5, 5.41) is 21.3. The Kier molecular flexibility index (Phi) is 3.35. The zero-order valence-corrected chi connectivity index (χ0v) is 9.37. The highest BCUT2D eigenvalue weighted by Gasteiger charge is 2.12. The van der Waals surface area contributed by atoms with E-state index >= 15 is 0 Å². The lowest BCUT2D eigenvalue weighted by Crippen LogP contribution is -1.97. The van der Waals surface area contributed by atoms with Crippen molar-refractivity contribution in [2.75, 3.05) is 7.11 Å². The van der Waals surface area contributed by atoms with E-state index in [1.54, 1.807) is 19.1 Å². The van der Waals surface area contributed by atoms with Crippen LogP contribution in [0.2, 0.25) is 0 Å². The number of phenolic OH excluding ortho intramolecular Hbond substituents is 1. The van der Waals surface area contributed by atoms with Crippen molar-refractivity contribution in [2.45, 2.75) is 6.92 Å². The van der Waals surface area contributed by atoms with Crippen LogP contribution in [0.25, 0.3) is 0 Å². The zero-order chi connectivity index (χ0) is 10.7. The van der Waals surface area contributed by atoms with Crippen LogP contribution < -0.4 is 4.74 Å². The molecule has 0 radical (unpaired) electrons. The molecule has 0 heterocycles. The van der Waals surface area contributed by atoms with Gasteiger partial charge >= 0.3 is 0 Å². The van der Waals surface area contributed by atoms with E-state index in [0.29, 0.717) is 17.0 Å². The molecule has 2 N–H and O–H groups in total. The molecular weight excluding hydrogens is 250 g/mol. The Bertz CT molecular complexity index is 377. The number of benzene rings is 1. The fourth-order valence-electron chi connectivity index (χ4n) is 1.06. The van der Waals surface area contributed by atoms with Gasteiger partial charge in [-0.15, -0.1) is 0 Å². The molecule has 1 aromatic rings. The molecule has 0 fully saturated rings. The van der Waals surface area contributed by atoms with Crippen LogP contribution in [0.3, 0.4) is 0 Å². The van der Waals surface area contributed by atoms with Gasteiger partial charge in [0.15, 0.2) is 11.5 Å². The molecule has 1 rings (SSSR count). The Labute approximate surface area is 89.9 Å². The SMILES string of the molecule is COc1cc(Br)cc(/C(C)=N/O)c1O. The van der Waals surface area contributed by atoms with Gasteiger partial charge in [-0.3, -0.25) is 0 Å². The van der Waals surface area contributed by atoms with Crippen LogP contribution in [0.15, 0.2) is 21.8 Å². The summed E-state index contributed by atoms with van der Waals surface area (Å²) in [6.07, 6.45) is 0. The Balaban J connectivity index is 3.36. The lowest BCUT2D eigenvalue weighted by Gasteiger charge is -2.08. The molecule has 14 heavy (non-hydrogen) atoms. The van der Waals surface area contributed by atoms with Gasteiger partial charge in [0.1, 0.15) is 0 Å². The minimum absolute atomic E-state index is 0.0361. The van der Waals surface area contributed by atoms with Crippen molar-refractivity contribution in [1.29, 1.82) is 0 Å². The molecule has 4 nitrogen and oxygen atoms in total. The number of halogens is 1. The van der Waals surface area contributed by atoms with E-state index < -0.39 is 0 Å². The third-order valence-electron chi connectivity index (χ3n) is 1.80. The molecule has 0 aromatic heterocycles. The first kappa shape index (κ1) is 10.8. The highest BCUT2D eigenvalue weighted by Crippen LogP contribution is 2.33. The highest BCUT2D eigenvalue weighted by molar-refractivity contribution is 9.10. The first-order valence-corrected chi connectivity index (χ1v) is 4.65. The second kappa shape index (κ2) is 4.32. The van der Waals surface area contributed by atoms with Gasteiger partial charge in [0.05, 0.1) is 12.8 Å². The molecule has 0 atom stereocenters. The standard InChI is InChI=1S/C9H10BrNO3/c1-5(11-13)7-3-6(10)4-8(14-2)9(7)12/h3-4,12-13H,1-2H3/b11-5+. The van der Waals surface area contributed by atoms with Gasteiger partial charge in [-0.25, -0.2) is 0 Å². The van der Waals surface area contributed by atoms with E-state index in [4.69, 9.17) is 9.94 Å². The maximum Gasteiger partial charge on any atom is 0.167 e. The summed E-state index contributed by atoms with van der Waals surface area (Å²) >= 11 is 3.26. The lowest BCUT2D eigenvalue weighted by atomic mass is 10.1. The summed E-state index contributed by atoms with van der Waals surface area (Å²) in [4.78, 5) is 0. The molecule has 5 heteroatoms. The summed E-state index contributed by atoms with van der Waals surface area (Å²) in [6.45, 7) is 1.58. The van der Waals surface area contributed by atoms with E-state index in [1.807, 2.05) is 0 Å². The summed E-state index contributed by atoms with van der Waals surface area (Å²) in [6, 6.07) is 3.27. The fourth-order valence-corrected chi connectivity index (χ4v) is 1.50. The van der Waals surface area contributed by atoms with Crippen molar-refractivity contribution in [3.05, 3.63) is 22.2 Å². The topological polar surface area (TPSA) is 62.0 Å². The maximum absolute atomic E-state index is 9.68. The molecule has 0 aliphatic carbocycles. The average molecular weight is 260 g/mol. The van der Waals surface area contributed by atoms with Gasteiger partial charge in [0.25, 0.3) is 0 Å². The van der Waals surface area contributed by atoms with E-state index in [0.717, 1.165) is 4.47 Å². The quantitative estimate of drug-likeness (QED) is 0.487. The summed E-state index contributed by atoms with van der Waals surface area (Å²) < 4.78 is 5.69. The molecule has 0 aliphatic heterocycles. The van der Waals surface area contributed by atoms with Crippen molar-refractivity contribution >= 4 is 21.6 Å². The number of ether oxygens (including phenoxy) is 1. The summed E-state index contributed by atoms with van der Waals surface area (Å²) in [5.74, 6) is 0.295. The van der Waals surface area contributed by atoms with Crippen LogP contribution in [0.1, 0.15) is 12.5 Å². The van der Waals surface area contributed by atoms with Gasteiger partial charge < -0.3 is 15.1 Å². The van der Waals surface area contributed by atoms with Crippen molar-refractivity contribution in [3.63, 3.8) is 0 Å². The van der Waals surface area contributed by atoms with Crippen molar-refractivity contribution < 1.29 is 15.1 Å². The van der Waals surface area contributed by atoms with Gasteiger partial charge in [0, 0.05) is 10.0 Å². The van der Waals surface area contributed by atoms with Gasteiger partial charge in [0.2, 0.25) is 0 Å². The number of aromatic hydroxyl groups is 1. The highest BCUT2D eigenvalue weighted by atomic mass is 79.9. The lowest BCUT2D eigenvalue weighted by molar-refractivity contribution is 0.318. The molecule has 1 aromatic carbocycles. The van der Waals surface area contributed by atoms with E-state index in [1.165, 1.54) is 7.11 Å². The summed E-state index contributed by atoms with van der Waals surface area (Å²) in [5.41, 5.74) is 0.751. The van der Waals surface area contributed by atoms with E-state index in [9.17, 15) is 5.11 Å². The number of hydrogen-bond acceptors (Lipinski definition) is 4. The number of rotatable bonds is 2. The van der Waals surface area contributed by atoms with Crippen molar-refractivity contribution in [2.24, 2.45) is 5.16 Å². The van der Waals surface area contributed by atoms with Crippen LogP contribution in [-0.4, -0.2) is 23.1 Å². The first-order chi connectivity index (χ1) is 6.60. The van der Waals surface area contributed by atoms with Crippen molar-refractivity contribution in [1.82, 2.24) is 0 Å². The van der Waals surface area contributed by atoms with Gasteiger partial charge in [-0.05, 0) is 19.1 Å². The molecule has 76 valence electrons. The molecule has 0 aliphatic rings. The minimum Gasteiger partial charge on any atom is -0.504 e. The fraction of sp³-hybridized carbons (Fsp3) is 0.222. The first-order valence-electron chi connectivity index (χ1n) is 3.85. The number of nitrogens with zero attached hydrogens (tertiary/aromatic N) is 1. The predicted molar refractivity (Wildman–Crippen MR) is 56.4 cm³/mol. The second-order valence-electron chi connectivity index (χ2n) is 2.69. The Morgan fingerprint density at radius 1 is 1.50 bits per heavy atom. The van der Waals surface area contributed by atoms with Crippen LogP contribution in [-0.2, 0) is 0 Å². The van der Waals surface area contributed by atoms with Crippen molar-refractivity contribution in [3.8, 4) is 11.5 Å². The molecular formula is C9H10BrNO3. The normalized spacial score (nSPS) is 11.5. The minimum atomic E-state index is -0.0361. The molecule has 0 amide bonds. The largest absolute Gasteiger partial charge is 0.504 e. The number of phenols is 1. The molecule has 0 bridgehead atoms. The molecule has 0 saturated heterocycles.